The van der Waals surface area contributed by atoms with Crippen molar-refractivity contribution in [2.75, 3.05) is 36.4 Å². The Balaban J connectivity index is 1.38. The summed E-state index contributed by atoms with van der Waals surface area (Å²) in [5, 5.41) is 25.5. The Morgan fingerprint density at radius 1 is 1.15 bits per heavy atom. The van der Waals surface area contributed by atoms with Gasteiger partial charge in [-0.2, -0.15) is 15.3 Å². The number of anilines is 3. The van der Waals surface area contributed by atoms with Gasteiger partial charge in [0.2, 0.25) is 5.95 Å². The van der Waals surface area contributed by atoms with Gasteiger partial charge in [0.25, 0.3) is 5.56 Å². The molecule has 1 aliphatic heterocycles. The van der Waals surface area contributed by atoms with Crippen molar-refractivity contribution in [2.45, 2.75) is 31.7 Å². The summed E-state index contributed by atoms with van der Waals surface area (Å²) in [4.78, 5) is 24.5. The van der Waals surface area contributed by atoms with Crippen LogP contribution in [0.4, 0.5) is 17.5 Å². The monoisotopic (exact) mass is 455 g/mol. The number of hydrogen-bond donors (Lipinski definition) is 3. The minimum Gasteiger partial charge on any atom is -0.352 e. The molecule has 3 aromatic heterocycles. The van der Waals surface area contributed by atoms with E-state index in [9.17, 15) is 10.1 Å². The zero-order chi connectivity index (χ0) is 23.1. The molecule has 4 heterocycles. The van der Waals surface area contributed by atoms with E-state index in [1.807, 2.05) is 24.3 Å². The van der Waals surface area contributed by atoms with Crippen molar-refractivity contribution in [3.05, 3.63) is 46.4 Å². The number of nitrogens with zero attached hydrogens (tertiary/aromatic N) is 6. The fourth-order valence-corrected chi connectivity index (χ4v) is 5.09. The molecule has 1 aliphatic carbocycles. The molecular weight excluding hydrogens is 430 g/mol. The van der Waals surface area contributed by atoms with E-state index in [1.165, 1.54) is 0 Å². The molecule has 6 rings (SSSR count). The highest BCUT2D eigenvalue weighted by atomic mass is 16.1. The average molecular weight is 456 g/mol. The third kappa shape index (κ3) is 3.54. The number of fused-ring (bicyclic) bond motifs is 2. The molecule has 1 saturated heterocycles. The molecule has 10 nitrogen and oxygen atoms in total. The Morgan fingerprint density at radius 2 is 1.97 bits per heavy atom. The summed E-state index contributed by atoms with van der Waals surface area (Å²) in [7, 11) is 0. The predicted octanol–water partition coefficient (Wildman–Crippen LogP) is 2.81. The molecule has 0 atom stereocenters. The van der Waals surface area contributed by atoms with Crippen molar-refractivity contribution in [3.63, 3.8) is 0 Å². The molecule has 1 aromatic carbocycles. The summed E-state index contributed by atoms with van der Waals surface area (Å²) >= 11 is 0. The molecule has 0 radical (unpaired) electrons. The first kappa shape index (κ1) is 20.6. The highest BCUT2D eigenvalue weighted by molar-refractivity contribution is 5.93. The van der Waals surface area contributed by atoms with Crippen LogP contribution in [0.3, 0.4) is 0 Å². The van der Waals surface area contributed by atoms with Crippen LogP contribution in [0.15, 0.2) is 35.3 Å². The lowest BCUT2D eigenvalue weighted by Crippen LogP contribution is -2.43. The highest BCUT2D eigenvalue weighted by Gasteiger charge is 2.23. The largest absolute Gasteiger partial charge is 0.352 e. The van der Waals surface area contributed by atoms with Crippen LogP contribution >= 0.6 is 0 Å². The minimum atomic E-state index is -0.271. The van der Waals surface area contributed by atoms with Gasteiger partial charge in [-0.3, -0.25) is 14.5 Å². The third-order valence-corrected chi connectivity index (χ3v) is 6.80. The summed E-state index contributed by atoms with van der Waals surface area (Å²) in [6, 6.07) is 9.68. The van der Waals surface area contributed by atoms with Gasteiger partial charge < -0.3 is 15.5 Å². The Morgan fingerprint density at radius 3 is 2.76 bits per heavy atom. The number of aromatic amines is 1. The smallest absolute Gasteiger partial charge is 0.270 e. The van der Waals surface area contributed by atoms with Crippen LogP contribution in [0.1, 0.15) is 37.3 Å². The van der Waals surface area contributed by atoms with Gasteiger partial charge in [0.1, 0.15) is 17.3 Å². The molecule has 34 heavy (non-hydrogen) atoms. The molecular formula is C24H25N9O. The number of rotatable bonds is 4. The molecule has 2 fully saturated rings. The topological polar surface area (TPSA) is 128 Å². The second-order valence-corrected chi connectivity index (χ2v) is 8.93. The van der Waals surface area contributed by atoms with E-state index in [1.54, 1.807) is 16.8 Å². The molecule has 1 saturated carbocycles. The van der Waals surface area contributed by atoms with Crippen molar-refractivity contribution in [1.82, 2.24) is 30.0 Å². The van der Waals surface area contributed by atoms with Gasteiger partial charge in [0.15, 0.2) is 5.82 Å². The summed E-state index contributed by atoms with van der Waals surface area (Å²) in [6.07, 6.45) is 5.67. The number of aromatic nitrogens is 5. The Bertz CT molecular complexity index is 1470. The second kappa shape index (κ2) is 8.43. The number of nitrogens with one attached hydrogen (secondary N) is 3. The first-order chi connectivity index (χ1) is 16.7. The lowest BCUT2D eigenvalue weighted by molar-refractivity contribution is 0.515. The Labute approximate surface area is 195 Å². The van der Waals surface area contributed by atoms with Crippen molar-refractivity contribution < 1.29 is 0 Å². The minimum absolute atomic E-state index is 0.0647. The van der Waals surface area contributed by atoms with Gasteiger partial charge in [0.05, 0.1) is 5.52 Å². The SMILES string of the molecule is N#Cc1cc2cnc(Nc3ccc4[nH]nc(N5CCNCC5)c4c3)nc2n(C2CCCC2)c1=O. The molecule has 2 aliphatic rings. The van der Waals surface area contributed by atoms with Crippen LogP contribution in [0.2, 0.25) is 0 Å². The standard InChI is InChI=1S/C24H25N9O/c25-13-15-11-16-14-27-24(29-21(16)33(23(15)34)18-3-1-2-4-18)28-17-5-6-20-19(12-17)22(31-30-20)32-9-7-26-8-10-32/h5-6,11-12,14,18,26H,1-4,7-10H2,(H,30,31)(H,27,28,29). The van der Waals surface area contributed by atoms with E-state index in [-0.39, 0.29) is 17.2 Å². The van der Waals surface area contributed by atoms with Crippen LogP contribution in [-0.2, 0) is 0 Å². The molecule has 3 N–H and O–H groups in total. The Kier molecular flexibility index (Phi) is 5.11. The number of hydrogen-bond acceptors (Lipinski definition) is 8. The lowest BCUT2D eigenvalue weighted by atomic mass is 10.2. The third-order valence-electron chi connectivity index (χ3n) is 6.80. The molecule has 0 spiro atoms. The molecule has 4 aromatic rings. The lowest BCUT2D eigenvalue weighted by Gasteiger charge is -2.27. The van der Waals surface area contributed by atoms with Crippen LogP contribution in [0.25, 0.3) is 21.9 Å². The van der Waals surface area contributed by atoms with Crippen molar-refractivity contribution >= 4 is 39.4 Å². The molecule has 172 valence electrons. The van der Waals surface area contributed by atoms with Gasteiger partial charge in [-0.1, -0.05) is 12.8 Å². The maximum absolute atomic E-state index is 13.0. The van der Waals surface area contributed by atoms with E-state index >= 15 is 0 Å². The van der Waals surface area contributed by atoms with Crippen LogP contribution in [0.5, 0.6) is 0 Å². The number of pyridine rings is 1. The summed E-state index contributed by atoms with van der Waals surface area (Å²) in [5.74, 6) is 1.36. The summed E-state index contributed by atoms with van der Waals surface area (Å²) in [6.45, 7) is 3.70. The van der Waals surface area contributed by atoms with Crippen molar-refractivity contribution in [3.8, 4) is 6.07 Å². The fourth-order valence-electron chi connectivity index (χ4n) is 5.09. The number of benzene rings is 1. The quantitative estimate of drug-likeness (QED) is 0.429. The molecule has 10 heteroatoms. The van der Waals surface area contributed by atoms with E-state index in [2.05, 4.69) is 30.7 Å². The van der Waals surface area contributed by atoms with Crippen molar-refractivity contribution in [1.29, 1.82) is 5.26 Å². The number of H-pyrrole nitrogens is 1. The van der Waals surface area contributed by atoms with E-state index in [4.69, 9.17) is 4.98 Å². The highest BCUT2D eigenvalue weighted by Crippen LogP contribution is 2.31. The average Bonchev–Trinajstić information content (AvgIpc) is 3.54. The predicted molar refractivity (Wildman–Crippen MR) is 130 cm³/mol. The van der Waals surface area contributed by atoms with Crippen LogP contribution in [0, 0.1) is 11.3 Å². The van der Waals surface area contributed by atoms with Gasteiger partial charge in [-0.05, 0) is 37.1 Å². The first-order valence-corrected chi connectivity index (χ1v) is 11.7. The summed E-state index contributed by atoms with van der Waals surface area (Å²) < 4.78 is 1.70. The maximum atomic E-state index is 13.0. The summed E-state index contributed by atoms with van der Waals surface area (Å²) in [5.41, 5.74) is 2.24. The van der Waals surface area contributed by atoms with Crippen molar-refractivity contribution in [2.24, 2.45) is 0 Å². The van der Waals surface area contributed by atoms with Crippen LogP contribution in [-0.4, -0.2) is 50.9 Å². The van der Waals surface area contributed by atoms with Gasteiger partial charge in [0, 0.05) is 54.9 Å². The first-order valence-electron chi connectivity index (χ1n) is 11.7. The number of nitriles is 1. The second-order valence-electron chi connectivity index (χ2n) is 8.93. The van der Waals surface area contributed by atoms with E-state index in [0.29, 0.717) is 17.0 Å². The zero-order valence-electron chi connectivity index (χ0n) is 18.7. The number of piperazine rings is 1. The zero-order valence-corrected chi connectivity index (χ0v) is 18.7. The molecule has 0 amide bonds. The van der Waals surface area contributed by atoms with Crippen LogP contribution < -0.4 is 21.1 Å². The fraction of sp³-hybridized carbons (Fsp3) is 0.375. The van der Waals surface area contributed by atoms with Gasteiger partial charge in [-0.15, -0.1) is 0 Å². The molecule has 0 bridgehead atoms. The van der Waals surface area contributed by atoms with E-state index < -0.39 is 0 Å². The maximum Gasteiger partial charge on any atom is 0.270 e. The van der Waals surface area contributed by atoms with Gasteiger partial charge in [-0.25, -0.2) is 4.98 Å². The molecule has 0 unspecified atom stereocenters. The van der Waals surface area contributed by atoms with E-state index in [0.717, 1.165) is 74.3 Å². The van der Waals surface area contributed by atoms with Gasteiger partial charge >= 0.3 is 0 Å². The normalized spacial score (nSPS) is 16.9. The Hall–Kier alpha value is -3.97.